The third-order valence-corrected chi connectivity index (χ3v) is 3.82. The van der Waals surface area contributed by atoms with Gasteiger partial charge in [0.2, 0.25) is 5.76 Å². The first-order valence-electron chi connectivity index (χ1n) is 6.89. The van der Waals surface area contributed by atoms with Gasteiger partial charge in [-0.05, 0) is 6.42 Å². The van der Waals surface area contributed by atoms with Crippen molar-refractivity contribution in [2.45, 2.75) is 25.4 Å². The Morgan fingerprint density at radius 2 is 2.10 bits per heavy atom. The van der Waals surface area contributed by atoms with Gasteiger partial charge >= 0.3 is 6.18 Å². The number of fused-ring (bicyclic) bond motifs is 1. The summed E-state index contributed by atoms with van der Waals surface area (Å²) in [6.07, 6.45) is -3.04. The Kier molecular flexibility index (Phi) is 3.58. The lowest BCUT2D eigenvalue weighted by Crippen LogP contribution is -2.81. The Labute approximate surface area is 119 Å². The van der Waals surface area contributed by atoms with Gasteiger partial charge < -0.3 is 20.6 Å². The maximum Gasteiger partial charge on any atom is 0.452 e. The SMILES string of the molecule is N=C1CCNC/C1=C1/[NH2+]CCCc2c1noc2C(F)(F)F. The first-order valence-corrected chi connectivity index (χ1v) is 6.89. The van der Waals surface area contributed by atoms with Crippen LogP contribution in [0.5, 0.6) is 0 Å². The molecule has 0 radical (unpaired) electrons. The van der Waals surface area contributed by atoms with Gasteiger partial charge in [-0.3, -0.25) is 0 Å². The van der Waals surface area contributed by atoms with Gasteiger partial charge in [0.1, 0.15) is 0 Å². The molecule has 21 heavy (non-hydrogen) atoms. The van der Waals surface area contributed by atoms with Crippen LogP contribution < -0.4 is 10.6 Å². The highest BCUT2D eigenvalue weighted by Crippen LogP contribution is 2.36. The van der Waals surface area contributed by atoms with Crippen LogP contribution in [-0.4, -0.2) is 30.5 Å². The lowest BCUT2D eigenvalue weighted by atomic mass is 9.98. The van der Waals surface area contributed by atoms with E-state index in [9.17, 15) is 13.2 Å². The minimum Gasteiger partial charge on any atom is -0.351 e. The standard InChI is InChI=1S/C13H15F3N4O/c14-13(15,16)12-7-2-1-4-19-10(11(7)20-21-12)8-6-18-5-3-9(8)17/h17-19H,1-6H2/p+1/b10-8-,17-9?. The summed E-state index contributed by atoms with van der Waals surface area (Å²) in [5, 5.41) is 16.7. The van der Waals surface area contributed by atoms with Gasteiger partial charge in [0, 0.05) is 42.8 Å². The average Bonchev–Trinajstić information content (AvgIpc) is 2.74. The summed E-state index contributed by atoms with van der Waals surface area (Å²) in [7, 11) is 0. The van der Waals surface area contributed by atoms with E-state index >= 15 is 0 Å². The summed E-state index contributed by atoms with van der Waals surface area (Å²) in [6, 6.07) is 0. The van der Waals surface area contributed by atoms with Crippen LogP contribution in [-0.2, 0) is 12.6 Å². The van der Waals surface area contributed by atoms with E-state index in [-0.39, 0.29) is 11.3 Å². The van der Waals surface area contributed by atoms with Crippen LogP contribution in [0, 0.1) is 5.41 Å². The van der Waals surface area contributed by atoms with Gasteiger partial charge in [0.15, 0.2) is 11.4 Å². The normalized spacial score (nSPS) is 23.9. The maximum atomic E-state index is 13.0. The van der Waals surface area contributed by atoms with Gasteiger partial charge in [0.05, 0.1) is 6.54 Å². The van der Waals surface area contributed by atoms with Crippen molar-refractivity contribution in [1.29, 1.82) is 5.41 Å². The highest BCUT2D eigenvalue weighted by Gasteiger charge is 2.42. The summed E-state index contributed by atoms with van der Waals surface area (Å²) >= 11 is 0. The van der Waals surface area contributed by atoms with Crippen molar-refractivity contribution in [3.05, 3.63) is 22.6 Å². The van der Waals surface area contributed by atoms with Crippen LogP contribution in [0.3, 0.4) is 0 Å². The third-order valence-electron chi connectivity index (χ3n) is 3.82. The molecule has 0 aromatic carbocycles. The number of aromatic nitrogens is 1. The fraction of sp³-hybridized carbons (Fsp3) is 0.538. The van der Waals surface area contributed by atoms with Crippen molar-refractivity contribution in [3.63, 3.8) is 0 Å². The summed E-state index contributed by atoms with van der Waals surface area (Å²) in [5.74, 6) is -0.999. The zero-order valence-electron chi connectivity index (χ0n) is 11.3. The van der Waals surface area contributed by atoms with Crippen molar-refractivity contribution in [2.75, 3.05) is 19.6 Å². The van der Waals surface area contributed by atoms with Crippen molar-refractivity contribution in [3.8, 4) is 0 Å². The Balaban J connectivity index is 2.12. The van der Waals surface area contributed by atoms with E-state index in [0.717, 1.165) is 12.1 Å². The predicted octanol–water partition coefficient (Wildman–Crippen LogP) is 0.927. The van der Waals surface area contributed by atoms with Crippen molar-refractivity contribution < 1.29 is 23.0 Å². The molecule has 1 aromatic rings. The number of nitrogens with two attached hydrogens (primary N) is 1. The molecule has 3 heterocycles. The van der Waals surface area contributed by atoms with Crippen LogP contribution in [0.15, 0.2) is 10.1 Å². The fourth-order valence-corrected chi connectivity index (χ4v) is 2.81. The van der Waals surface area contributed by atoms with Crippen molar-refractivity contribution in [2.24, 2.45) is 0 Å². The van der Waals surface area contributed by atoms with Gasteiger partial charge in [-0.2, -0.15) is 13.2 Å². The average molecular weight is 301 g/mol. The molecule has 0 spiro atoms. The van der Waals surface area contributed by atoms with E-state index in [1.54, 1.807) is 0 Å². The molecule has 1 aromatic heterocycles. The second-order valence-electron chi connectivity index (χ2n) is 5.23. The zero-order valence-corrected chi connectivity index (χ0v) is 11.3. The Bertz CT molecular complexity index is 603. The van der Waals surface area contributed by atoms with Gasteiger partial charge in [-0.15, -0.1) is 0 Å². The quantitative estimate of drug-likeness (QED) is 0.667. The first-order chi connectivity index (χ1) is 9.98. The molecule has 0 unspecified atom stereocenters. The van der Waals surface area contributed by atoms with E-state index in [1.165, 1.54) is 0 Å². The highest BCUT2D eigenvalue weighted by atomic mass is 19.4. The van der Waals surface area contributed by atoms with Crippen LogP contribution in [0.25, 0.3) is 5.70 Å². The molecule has 0 aliphatic carbocycles. The minimum absolute atomic E-state index is 0.122. The topological polar surface area (TPSA) is 78.5 Å². The summed E-state index contributed by atoms with van der Waals surface area (Å²) in [4.78, 5) is 0. The molecule has 5 nitrogen and oxygen atoms in total. The number of quaternary nitrogens is 1. The first kappa shape index (κ1) is 14.3. The van der Waals surface area contributed by atoms with Crippen molar-refractivity contribution >= 4 is 11.4 Å². The van der Waals surface area contributed by atoms with Crippen LogP contribution in [0.1, 0.15) is 29.9 Å². The molecule has 114 valence electrons. The Morgan fingerprint density at radius 1 is 1.29 bits per heavy atom. The predicted molar refractivity (Wildman–Crippen MR) is 68.8 cm³/mol. The maximum absolute atomic E-state index is 13.0. The van der Waals surface area contributed by atoms with Gasteiger partial charge in [0.25, 0.3) is 0 Å². The molecule has 0 bridgehead atoms. The summed E-state index contributed by atoms with van der Waals surface area (Å²) < 4.78 is 43.5. The molecule has 2 aliphatic heterocycles. The Hall–Kier alpha value is -1.67. The molecule has 1 saturated heterocycles. The monoisotopic (exact) mass is 301 g/mol. The summed E-state index contributed by atoms with van der Waals surface area (Å²) in [5.41, 5.74) is 2.19. The second-order valence-corrected chi connectivity index (χ2v) is 5.23. The van der Waals surface area contributed by atoms with Crippen molar-refractivity contribution in [1.82, 2.24) is 10.5 Å². The minimum atomic E-state index is -4.53. The van der Waals surface area contributed by atoms with E-state index in [0.29, 0.717) is 43.8 Å². The van der Waals surface area contributed by atoms with Crippen LogP contribution >= 0.6 is 0 Å². The molecule has 0 atom stereocenters. The van der Waals surface area contributed by atoms with E-state index in [4.69, 9.17) is 5.41 Å². The molecule has 0 amide bonds. The largest absolute Gasteiger partial charge is 0.452 e. The van der Waals surface area contributed by atoms with E-state index in [2.05, 4.69) is 15.0 Å². The molecule has 3 rings (SSSR count). The smallest absolute Gasteiger partial charge is 0.351 e. The number of hydrogen-bond donors (Lipinski definition) is 3. The number of alkyl halides is 3. The fourth-order valence-electron chi connectivity index (χ4n) is 2.81. The number of nitrogens with zero attached hydrogens (tertiary/aromatic N) is 1. The van der Waals surface area contributed by atoms with Gasteiger partial charge in [-0.25, -0.2) is 0 Å². The van der Waals surface area contributed by atoms with Gasteiger partial charge in [-0.1, -0.05) is 5.16 Å². The zero-order chi connectivity index (χ0) is 15.0. The lowest BCUT2D eigenvalue weighted by molar-refractivity contribution is -0.563. The molecular weight excluding hydrogens is 285 g/mol. The number of rotatable bonds is 0. The highest BCUT2D eigenvalue weighted by molar-refractivity contribution is 6.04. The van der Waals surface area contributed by atoms with E-state index < -0.39 is 11.9 Å². The third kappa shape index (κ3) is 2.60. The number of nitrogens with one attached hydrogen (secondary N) is 2. The number of hydrogen-bond acceptors (Lipinski definition) is 4. The van der Waals surface area contributed by atoms with E-state index in [1.807, 2.05) is 5.32 Å². The Morgan fingerprint density at radius 3 is 2.81 bits per heavy atom. The number of halogens is 3. The van der Waals surface area contributed by atoms with Crippen LogP contribution in [0.2, 0.25) is 0 Å². The molecule has 8 heteroatoms. The molecule has 1 fully saturated rings. The second kappa shape index (κ2) is 5.27. The molecule has 2 aliphatic rings. The lowest BCUT2D eigenvalue weighted by Gasteiger charge is -2.18. The van der Waals surface area contributed by atoms with Crippen LogP contribution in [0.4, 0.5) is 13.2 Å². The summed E-state index contributed by atoms with van der Waals surface area (Å²) in [6.45, 7) is 1.88. The molecule has 4 N–H and O–H groups in total. The number of piperidine rings is 1. The molecular formula is C13H16F3N4O+. The molecule has 0 saturated carbocycles.